The molecule has 0 saturated carbocycles. The van der Waals surface area contributed by atoms with Gasteiger partial charge in [0, 0.05) is 19.6 Å². The first-order valence-electron chi connectivity index (χ1n) is 7.00. The summed E-state index contributed by atoms with van der Waals surface area (Å²) in [4.78, 5) is 12.0. The largest absolute Gasteiger partial charge is 0.388 e. The molecule has 0 spiro atoms. The lowest BCUT2D eigenvalue weighted by Gasteiger charge is -2.26. The normalized spacial score (nSPS) is 18.6. The summed E-state index contributed by atoms with van der Waals surface area (Å²) in [6.07, 6.45) is 2.28. The van der Waals surface area contributed by atoms with Crippen molar-refractivity contribution in [3.8, 4) is 0 Å². The molecule has 1 unspecified atom stereocenters. The Morgan fingerprint density at radius 3 is 2.90 bits per heavy atom. The summed E-state index contributed by atoms with van der Waals surface area (Å²) in [5.41, 5.74) is -0.616. The van der Waals surface area contributed by atoms with E-state index in [0.29, 0.717) is 12.3 Å². The molecule has 3 N–H and O–H groups in total. The number of aliphatic hydroxyl groups is 1. The highest BCUT2D eigenvalue weighted by Gasteiger charge is 2.25. The smallest absolute Gasteiger partial charge is 0.273 e. The summed E-state index contributed by atoms with van der Waals surface area (Å²) in [6.45, 7) is 7.72. The summed E-state index contributed by atoms with van der Waals surface area (Å²) >= 11 is 0. The Morgan fingerprint density at radius 2 is 2.35 bits per heavy atom. The van der Waals surface area contributed by atoms with Gasteiger partial charge in [-0.2, -0.15) is 0 Å². The number of amides is 1. The maximum Gasteiger partial charge on any atom is 0.273 e. The monoisotopic (exact) mass is 281 g/mol. The van der Waals surface area contributed by atoms with Crippen molar-refractivity contribution in [3.05, 3.63) is 11.9 Å². The number of hydrogen-bond acceptors (Lipinski definition) is 5. The third-order valence-corrected chi connectivity index (χ3v) is 3.35. The zero-order chi connectivity index (χ0) is 14.8. The first-order valence-corrected chi connectivity index (χ1v) is 7.00. The number of nitrogens with zero attached hydrogens (tertiary/aromatic N) is 3. The number of hydrogen-bond donors (Lipinski definition) is 3. The van der Waals surface area contributed by atoms with Crippen LogP contribution in [0.25, 0.3) is 0 Å². The number of carbonyl (C=O) groups excluding carboxylic acids is 1. The van der Waals surface area contributed by atoms with Gasteiger partial charge in [0.25, 0.3) is 5.91 Å². The highest BCUT2D eigenvalue weighted by molar-refractivity contribution is 5.91. The van der Waals surface area contributed by atoms with Crippen LogP contribution in [0.1, 0.15) is 43.7 Å². The molecular weight excluding hydrogens is 258 g/mol. The highest BCUT2D eigenvalue weighted by Crippen LogP contribution is 2.15. The molecule has 0 aromatic carbocycles. The van der Waals surface area contributed by atoms with E-state index in [2.05, 4.69) is 20.9 Å². The zero-order valence-electron chi connectivity index (χ0n) is 12.3. The molecule has 1 fully saturated rings. The van der Waals surface area contributed by atoms with Gasteiger partial charge in [-0.25, -0.2) is 4.68 Å². The van der Waals surface area contributed by atoms with Gasteiger partial charge in [0.2, 0.25) is 0 Å². The molecule has 1 aromatic rings. The lowest BCUT2D eigenvalue weighted by molar-refractivity contribution is 0.0367. The zero-order valence-corrected chi connectivity index (χ0v) is 12.3. The summed E-state index contributed by atoms with van der Waals surface area (Å²) in [7, 11) is 0. The van der Waals surface area contributed by atoms with Gasteiger partial charge >= 0.3 is 0 Å². The lowest BCUT2D eigenvalue weighted by atomic mass is 9.94. The highest BCUT2D eigenvalue weighted by atomic mass is 16.3. The van der Waals surface area contributed by atoms with Gasteiger partial charge in [-0.05, 0) is 19.3 Å². The number of nitrogens with one attached hydrogen (secondary N) is 2. The van der Waals surface area contributed by atoms with Gasteiger partial charge in [0.15, 0.2) is 5.69 Å². The van der Waals surface area contributed by atoms with Crippen molar-refractivity contribution in [1.82, 2.24) is 25.6 Å². The van der Waals surface area contributed by atoms with Gasteiger partial charge in [0.1, 0.15) is 0 Å². The van der Waals surface area contributed by atoms with Crippen LogP contribution in [0.4, 0.5) is 0 Å². The molecule has 112 valence electrons. The Hall–Kier alpha value is -1.47. The Balaban J connectivity index is 1.86. The van der Waals surface area contributed by atoms with Crippen LogP contribution in [0, 0.1) is 5.92 Å². The molecule has 0 bridgehead atoms. The van der Waals surface area contributed by atoms with E-state index in [1.54, 1.807) is 17.8 Å². The molecule has 1 atom stereocenters. The van der Waals surface area contributed by atoms with Crippen molar-refractivity contribution in [1.29, 1.82) is 0 Å². The summed E-state index contributed by atoms with van der Waals surface area (Å²) in [6, 6.07) is 0.285. The second kappa shape index (κ2) is 5.88. The van der Waals surface area contributed by atoms with Crippen molar-refractivity contribution >= 4 is 5.91 Å². The molecule has 7 nitrogen and oxygen atoms in total. The van der Waals surface area contributed by atoms with E-state index in [1.165, 1.54) is 0 Å². The van der Waals surface area contributed by atoms with Gasteiger partial charge in [-0.15, -0.1) is 5.10 Å². The van der Waals surface area contributed by atoms with Crippen LogP contribution in [-0.2, 0) is 0 Å². The maximum absolute atomic E-state index is 12.0. The fourth-order valence-corrected chi connectivity index (χ4v) is 2.33. The van der Waals surface area contributed by atoms with Crippen LogP contribution in [0.3, 0.4) is 0 Å². The van der Waals surface area contributed by atoms with E-state index in [-0.39, 0.29) is 24.2 Å². The second-order valence-corrected chi connectivity index (χ2v) is 6.17. The molecule has 2 rings (SSSR count). The molecule has 0 radical (unpaired) electrons. The van der Waals surface area contributed by atoms with Crippen LogP contribution >= 0.6 is 0 Å². The van der Waals surface area contributed by atoms with Crippen molar-refractivity contribution < 1.29 is 9.90 Å². The first kappa shape index (κ1) is 14.9. The van der Waals surface area contributed by atoms with Crippen molar-refractivity contribution in [3.63, 3.8) is 0 Å². The fraction of sp³-hybridized carbons (Fsp3) is 0.769. The molecule has 1 aromatic heterocycles. The molecule has 1 amide bonds. The van der Waals surface area contributed by atoms with Crippen molar-refractivity contribution in [2.24, 2.45) is 5.92 Å². The molecule has 1 aliphatic heterocycles. The number of aromatic nitrogens is 3. The quantitative estimate of drug-likeness (QED) is 0.680. The molecule has 7 heteroatoms. The summed E-state index contributed by atoms with van der Waals surface area (Å²) in [5.74, 6) is 0.0708. The minimum Gasteiger partial charge on any atom is -0.388 e. The summed E-state index contributed by atoms with van der Waals surface area (Å²) < 4.78 is 1.71. The van der Waals surface area contributed by atoms with E-state index in [4.69, 9.17) is 0 Å². The lowest BCUT2D eigenvalue weighted by Crippen LogP contribution is -2.43. The SMILES string of the molecule is CC(C)CC(C)(O)CNC(=O)c1cn(C2CNC2)nn1. The minimum atomic E-state index is -0.905. The third kappa shape index (κ3) is 3.77. The third-order valence-electron chi connectivity index (χ3n) is 3.35. The van der Waals surface area contributed by atoms with Gasteiger partial charge in [0.05, 0.1) is 17.8 Å². The average Bonchev–Trinajstić information content (AvgIpc) is 2.71. The van der Waals surface area contributed by atoms with Crippen LogP contribution in [0.5, 0.6) is 0 Å². The Kier molecular flexibility index (Phi) is 4.39. The Labute approximate surface area is 118 Å². The topological polar surface area (TPSA) is 92.1 Å². The average molecular weight is 281 g/mol. The number of rotatable bonds is 6. The van der Waals surface area contributed by atoms with Crippen LogP contribution < -0.4 is 10.6 Å². The molecule has 1 saturated heterocycles. The molecule has 0 aliphatic carbocycles. The van der Waals surface area contributed by atoms with E-state index < -0.39 is 5.60 Å². The van der Waals surface area contributed by atoms with Crippen LogP contribution in [0.2, 0.25) is 0 Å². The van der Waals surface area contributed by atoms with Crippen molar-refractivity contribution in [2.45, 2.75) is 38.8 Å². The first-order chi connectivity index (χ1) is 9.37. The van der Waals surface area contributed by atoms with Gasteiger partial charge < -0.3 is 15.7 Å². The molecule has 20 heavy (non-hydrogen) atoms. The van der Waals surface area contributed by atoms with E-state index >= 15 is 0 Å². The van der Waals surface area contributed by atoms with Crippen LogP contribution in [-0.4, -0.2) is 51.2 Å². The van der Waals surface area contributed by atoms with Crippen LogP contribution in [0.15, 0.2) is 6.20 Å². The Bertz CT molecular complexity index is 465. The maximum atomic E-state index is 12.0. The van der Waals surface area contributed by atoms with Crippen molar-refractivity contribution in [2.75, 3.05) is 19.6 Å². The predicted octanol–water partition coefficient (Wildman–Crippen LogP) is -0.0507. The van der Waals surface area contributed by atoms with E-state index in [0.717, 1.165) is 13.1 Å². The summed E-state index contributed by atoms with van der Waals surface area (Å²) in [5, 5.41) is 23.8. The fourth-order valence-electron chi connectivity index (χ4n) is 2.33. The standard InChI is InChI=1S/C13H23N5O2/c1-9(2)4-13(3,20)8-15-12(19)11-7-18(17-16-11)10-5-14-6-10/h7,9-10,14,20H,4-6,8H2,1-3H3,(H,15,19). The predicted molar refractivity (Wildman–Crippen MR) is 74.3 cm³/mol. The van der Waals surface area contributed by atoms with E-state index in [9.17, 15) is 9.90 Å². The van der Waals surface area contributed by atoms with E-state index in [1.807, 2.05) is 13.8 Å². The molecular formula is C13H23N5O2. The molecule has 2 heterocycles. The van der Waals surface area contributed by atoms with Gasteiger partial charge in [-0.3, -0.25) is 4.79 Å². The number of carbonyl (C=O) groups is 1. The second-order valence-electron chi connectivity index (χ2n) is 6.17. The minimum absolute atomic E-state index is 0.210. The molecule has 1 aliphatic rings. The van der Waals surface area contributed by atoms with Gasteiger partial charge in [-0.1, -0.05) is 19.1 Å². The Morgan fingerprint density at radius 1 is 1.65 bits per heavy atom.